The first-order valence-corrected chi connectivity index (χ1v) is 9.22. The molecule has 1 amide bonds. The first-order chi connectivity index (χ1) is 13.5. The summed E-state index contributed by atoms with van der Waals surface area (Å²) in [4.78, 5) is 12.9. The Bertz CT molecular complexity index is 987. The average Bonchev–Trinajstić information content (AvgIpc) is 3.13. The topological polar surface area (TPSA) is 74.6 Å². The minimum Gasteiger partial charge on any atom is -0.496 e. The summed E-state index contributed by atoms with van der Waals surface area (Å²) >= 11 is 3.46. The summed E-state index contributed by atoms with van der Waals surface area (Å²) < 4.78 is 18.6. The molecule has 3 rings (SSSR count). The number of benzene rings is 2. The van der Waals surface area contributed by atoms with Crippen molar-refractivity contribution in [3.8, 4) is 17.2 Å². The van der Waals surface area contributed by atoms with Gasteiger partial charge in [0.05, 0.1) is 39.6 Å². The highest BCUT2D eigenvalue weighted by atomic mass is 79.9. The number of aromatic nitrogens is 2. The third kappa shape index (κ3) is 4.28. The fraction of sp³-hybridized carbons (Fsp3) is 0.200. The lowest BCUT2D eigenvalue weighted by molar-refractivity contribution is 0.102. The highest BCUT2D eigenvalue weighted by Gasteiger charge is 2.19. The molecule has 2 aromatic carbocycles. The number of nitrogens with zero attached hydrogens (tertiary/aromatic N) is 2. The van der Waals surface area contributed by atoms with Crippen LogP contribution in [0.5, 0.6) is 17.2 Å². The van der Waals surface area contributed by atoms with E-state index in [4.69, 9.17) is 14.2 Å². The van der Waals surface area contributed by atoms with E-state index < -0.39 is 0 Å². The summed E-state index contributed by atoms with van der Waals surface area (Å²) in [7, 11) is 4.53. The monoisotopic (exact) mass is 445 g/mol. The molecule has 0 unspecified atom stereocenters. The van der Waals surface area contributed by atoms with Gasteiger partial charge in [-0.05, 0) is 17.7 Å². The van der Waals surface area contributed by atoms with Crippen molar-refractivity contribution >= 4 is 27.7 Å². The smallest absolute Gasteiger partial charge is 0.260 e. The average molecular weight is 446 g/mol. The Morgan fingerprint density at radius 1 is 1.04 bits per heavy atom. The van der Waals surface area contributed by atoms with Crippen LogP contribution in [0.2, 0.25) is 0 Å². The van der Waals surface area contributed by atoms with Gasteiger partial charge in [-0.15, -0.1) is 0 Å². The summed E-state index contributed by atoms with van der Waals surface area (Å²) in [5.74, 6) is 1.54. The molecule has 7 nitrogen and oxygen atoms in total. The molecule has 8 heteroatoms. The van der Waals surface area contributed by atoms with Crippen LogP contribution in [0.1, 0.15) is 15.9 Å². The molecule has 0 atom stereocenters. The lowest BCUT2D eigenvalue weighted by atomic mass is 10.1. The standard InChI is InChI=1S/C20H20BrN3O4/c1-26-16-11-18(28-3)17(27-2)10-15(16)20(25)23-19-7-8-22-24(19)12-13-5-4-6-14(21)9-13/h4-11H,12H2,1-3H3,(H,23,25). The molecule has 3 aromatic rings. The Morgan fingerprint density at radius 2 is 1.75 bits per heavy atom. The van der Waals surface area contributed by atoms with Crippen LogP contribution in [0.3, 0.4) is 0 Å². The van der Waals surface area contributed by atoms with Gasteiger partial charge in [0.1, 0.15) is 11.6 Å². The zero-order valence-corrected chi connectivity index (χ0v) is 17.3. The Balaban J connectivity index is 1.85. The summed E-state index contributed by atoms with van der Waals surface area (Å²) in [6, 6.07) is 12.9. The van der Waals surface area contributed by atoms with Gasteiger partial charge in [-0.3, -0.25) is 4.79 Å². The van der Waals surface area contributed by atoms with Crippen LogP contribution in [-0.2, 0) is 6.54 Å². The van der Waals surface area contributed by atoms with Gasteiger partial charge in [0, 0.05) is 22.7 Å². The summed E-state index contributed by atoms with van der Waals surface area (Å²) in [5, 5.41) is 7.18. The van der Waals surface area contributed by atoms with Gasteiger partial charge in [0.2, 0.25) is 0 Å². The van der Waals surface area contributed by atoms with Crippen LogP contribution in [0.4, 0.5) is 5.82 Å². The fourth-order valence-corrected chi connectivity index (χ4v) is 3.21. The van der Waals surface area contributed by atoms with Crippen LogP contribution >= 0.6 is 15.9 Å². The molecular formula is C20H20BrN3O4. The molecule has 1 heterocycles. The van der Waals surface area contributed by atoms with E-state index in [1.807, 2.05) is 24.3 Å². The molecule has 0 saturated heterocycles. The summed E-state index contributed by atoms with van der Waals surface area (Å²) in [5.41, 5.74) is 1.38. The first kappa shape index (κ1) is 19.8. The number of carbonyl (C=O) groups is 1. The van der Waals surface area contributed by atoms with Gasteiger partial charge < -0.3 is 19.5 Å². The molecular weight excluding hydrogens is 426 g/mol. The molecule has 1 aromatic heterocycles. The number of nitrogens with one attached hydrogen (secondary N) is 1. The zero-order chi connectivity index (χ0) is 20.1. The number of halogens is 1. The van der Waals surface area contributed by atoms with Crippen LogP contribution < -0.4 is 19.5 Å². The minimum absolute atomic E-state index is 0.329. The Kier molecular flexibility index (Phi) is 6.20. The van der Waals surface area contributed by atoms with Crippen molar-refractivity contribution in [3.63, 3.8) is 0 Å². The van der Waals surface area contributed by atoms with Gasteiger partial charge in [0.25, 0.3) is 5.91 Å². The molecule has 0 radical (unpaired) electrons. The van der Waals surface area contributed by atoms with E-state index in [2.05, 4.69) is 26.3 Å². The first-order valence-electron chi connectivity index (χ1n) is 8.43. The predicted octanol–water partition coefficient (Wildman–Crippen LogP) is 3.97. The quantitative estimate of drug-likeness (QED) is 0.595. The van der Waals surface area contributed by atoms with Crippen LogP contribution in [0.15, 0.2) is 53.1 Å². The molecule has 0 fully saturated rings. The van der Waals surface area contributed by atoms with E-state index in [1.54, 1.807) is 29.1 Å². The maximum atomic E-state index is 12.9. The van der Waals surface area contributed by atoms with E-state index in [-0.39, 0.29) is 5.91 Å². The van der Waals surface area contributed by atoms with Gasteiger partial charge in [-0.2, -0.15) is 5.10 Å². The SMILES string of the molecule is COc1cc(OC)c(C(=O)Nc2ccnn2Cc2cccc(Br)c2)cc1OC. The van der Waals surface area contributed by atoms with Crippen molar-refractivity contribution in [1.82, 2.24) is 9.78 Å². The van der Waals surface area contributed by atoms with E-state index >= 15 is 0 Å². The van der Waals surface area contributed by atoms with Crippen LogP contribution in [0.25, 0.3) is 0 Å². The number of hydrogen-bond donors (Lipinski definition) is 1. The summed E-state index contributed by atoms with van der Waals surface area (Å²) in [6.07, 6.45) is 1.64. The fourth-order valence-electron chi connectivity index (χ4n) is 2.76. The van der Waals surface area contributed by atoms with Crippen molar-refractivity contribution < 1.29 is 19.0 Å². The lowest BCUT2D eigenvalue weighted by Crippen LogP contribution is -2.17. The molecule has 0 aliphatic rings. The molecule has 28 heavy (non-hydrogen) atoms. The number of hydrogen-bond acceptors (Lipinski definition) is 5. The number of methoxy groups -OCH3 is 3. The summed E-state index contributed by atoms with van der Waals surface area (Å²) in [6.45, 7) is 0.519. The second-order valence-corrected chi connectivity index (χ2v) is 6.78. The third-order valence-electron chi connectivity index (χ3n) is 4.13. The lowest BCUT2D eigenvalue weighted by Gasteiger charge is -2.14. The number of anilines is 1. The molecule has 146 valence electrons. The van der Waals surface area contributed by atoms with Crippen molar-refractivity contribution in [2.45, 2.75) is 6.54 Å². The zero-order valence-electron chi connectivity index (χ0n) is 15.7. The van der Waals surface area contributed by atoms with Crippen molar-refractivity contribution in [2.24, 2.45) is 0 Å². The largest absolute Gasteiger partial charge is 0.496 e. The maximum Gasteiger partial charge on any atom is 0.260 e. The van der Waals surface area contributed by atoms with Gasteiger partial charge in [-0.25, -0.2) is 4.68 Å². The van der Waals surface area contributed by atoms with Gasteiger partial charge in [-0.1, -0.05) is 28.1 Å². The third-order valence-corrected chi connectivity index (χ3v) is 4.62. The van der Waals surface area contributed by atoms with E-state index in [0.29, 0.717) is 35.2 Å². The number of amides is 1. The molecule has 0 aliphatic heterocycles. The number of rotatable bonds is 7. The highest BCUT2D eigenvalue weighted by Crippen LogP contribution is 2.35. The van der Waals surface area contributed by atoms with E-state index in [1.165, 1.54) is 21.3 Å². The second kappa shape index (κ2) is 8.79. The number of ether oxygens (including phenoxy) is 3. The predicted molar refractivity (Wildman–Crippen MR) is 110 cm³/mol. The Hall–Kier alpha value is -3.00. The Labute approximate surface area is 171 Å². The normalized spacial score (nSPS) is 10.4. The van der Waals surface area contributed by atoms with Crippen LogP contribution in [-0.4, -0.2) is 37.0 Å². The molecule has 0 saturated carbocycles. The van der Waals surface area contributed by atoms with Crippen molar-refractivity contribution in [3.05, 3.63) is 64.3 Å². The second-order valence-electron chi connectivity index (χ2n) is 5.87. The van der Waals surface area contributed by atoms with Crippen LogP contribution in [0, 0.1) is 0 Å². The molecule has 0 aliphatic carbocycles. The van der Waals surface area contributed by atoms with Gasteiger partial charge in [0.15, 0.2) is 11.5 Å². The van der Waals surface area contributed by atoms with Crippen molar-refractivity contribution in [2.75, 3.05) is 26.6 Å². The molecule has 0 bridgehead atoms. The van der Waals surface area contributed by atoms with Gasteiger partial charge >= 0.3 is 0 Å². The van der Waals surface area contributed by atoms with Crippen molar-refractivity contribution in [1.29, 1.82) is 0 Å². The van der Waals surface area contributed by atoms with E-state index in [9.17, 15) is 4.79 Å². The molecule has 1 N–H and O–H groups in total. The highest BCUT2D eigenvalue weighted by molar-refractivity contribution is 9.10. The van der Waals surface area contributed by atoms with E-state index in [0.717, 1.165) is 10.0 Å². The molecule has 0 spiro atoms. The minimum atomic E-state index is -0.339. The number of carbonyl (C=O) groups excluding carboxylic acids is 1. The maximum absolute atomic E-state index is 12.9. The Morgan fingerprint density at radius 3 is 2.43 bits per heavy atom.